The molecular formula is C22H22N2O3. The highest BCUT2D eigenvalue weighted by Crippen LogP contribution is 2.12. The fourth-order valence-electron chi connectivity index (χ4n) is 2.39. The van der Waals surface area contributed by atoms with Gasteiger partial charge in [0.15, 0.2) is 6.61 Å². The van der Waals surface area contributed by atoms with E-state index in [9.17, 15) is 9.59 Å². The minimum atomic E-state index is -0.827. The van der Waals surface area contributed by atoms with Gasteiger partial charge in [-0.25, -0.2) is 4.79 Å². The fraction of sp³-hybridized carbons (Fsp3) is 0.227. The summed E-state index contributed by atoms with van der Waals surface area (Å²) in [5.74, 6) is -1.28. The second-order valence-corrected chi connectivity index (χ2v) is 6.01. The van der Waals surface area contributed by atoms with Crippen LogP contribution in [0.5, 0.6) is 0 Å². The van der Waals surface area contributed by atoms with Gasteiger partial charge in [0.2, 0.25) is 0 Å². The Balaban J connectivity index is 1.86. The first-order valence-electron chi connectivity index (χ1n) is 8.85. The van der Waals surface area contributed by atoms with Crippen LogP contribution in [0.4, 0.5) is 5.69 Å². The molecule has 0 bridgehead atoms. The molecule has 0 saturated carbocycles. The lowest BCUT2D eigenvalue weighted by atomic mass is 10.1. The molecule has 0 aliphatic rings. The Bertz CT molecular complexity index is 834. The summed E-state index contributed by atoms with van der Waals surface area (Å²) in [7, 11) is 0. The molecule has 5 nitrogen and oxygen atoms in total. The molecule has 0 aliphatic carbocycles. The van der Waals surface area contributed by atoms with Crippen molar-refractivity contribution in [3.05, 3.63) is 71.3 Å². The maximum atomic E-state index is 12.0. The molecule has 0 atom stereocenters. The van der Waals surface area contributed by atoms with Crippen LogP contribution in [0.25, 0.3) is 6.08 Å². The third kappa shape index (κ3) is 6.79. The van der Waals surface area contributed by atoms with Gasteiger partial charge in [-0.3, -0.25) is 4.79 Å². The number of nitrogens with one attached hydrogen (secondary N) is 1. The Labute approximate surface area is 159 Å². The summed E-state index contributed by atoms with van der Waals surface area (Å²) in [6.07, 6.45) is 4.69. The first-order valence-corrected chi connectivity index (χ1v) is 8.85. The number of anilines is 1. The van der Waals surface area contributed by atoms with Crippen LogP contribution < -0.4 is 5.32 Å². The molecule has 0 heterocycles. The number of hydrogen-bond acceptors (Lipinski definition) is 4. The monoisotopic (exact) mass is 362 g/mol. The van der Waals surface area contributed by atoms with E-state index < -0.39 is 18.5 Å². The van der Waals surface area contributed by atoms with Gasteiger partial charge < -0.3 is 10.1 Å². The lowest BCUT2D eigenvalue weighted by Crippen LogP contribution is -2.21. The molecule has 5 heteroatoms. The molecule has 138 valence electrons. The van der Waals surface area contributed by atoms with Crippen LogP contribution >= 0.6 is 0 Å². The molecule has 2 aromatic rings. The van der Waals surface area contributed by atoms with Crippen LogP contribution in [-0.4, -0.2) is 18.5 Å². The Kier molecular flexibility index (Phi) is 7.80. The number of rotatable bonds is 8. The fourth-order valence-corrected chi connectivity index (χ4v) is 2.39. The highest BCUT2D eigenvalue weighted by molar-refractivity contribution is 6.00. The summed E-state index contributed by atoms with van der Waals surface area (Å²) in [4.78, 5) is 23.9. The van der Waals surface area contributed by atoms with Gasteiger partial charge in [-0.2, -0.15) is 5.26 Å². The highest BCUT2D eigenvalue weighted by Gasteiger charge is 2.13. The van der Waals surface area contributed by atoms with E-state index in [4.69, 9.17) is 10.00 Å². The lowest BCUT2D eigenvalue weighted by molar-refractivity contribution is -0.142. The molecule has 0 radical (unpaired) electrons. The molecule has 0 unspecified atom stereocenters. The first-order chi connectivity index (χ1) is 13.1. The standard InChI is InChI=1S/C22H22N2O3/c1-2-3-7-17-10-12-20(13-11-17)24-21(25)16-27-22(26)19(15-23)14-18-8-5-4-6-9-18/h4-6,8-14H,2-3,7,16H2,1H3,(H,24,25). The van der Waals surface area contributed by atoms with Crippen molar-refractivity contribution in [1.82, 2.24) is 0 Å². The molecule has 1 amide bonds. The molecule has 0 saturated heterocycles. The summed E-state index contributed by atoms with van der Waals surface area (Å²) < 4.78 is 4.94. The Morgan fingerprint density at radius 1 is 1.11 bits per heavy atom. The summed E-state index contributed by atoms with van der Waals surface area (Å²) in [6, 6.07) is 18.3. The SMILES string of the molecule is CCCCc1ccc(NC(=O)COC(=O)C(C#N)=Cc2ccccc2)cc1. The molecule has 0 aromatic heterocycles. The summed E-state index contributed by atoms with van der Waals surface area (Å²) in [5, 5.41) is 11.8. The third-order valence-corrected chi connectivity index (χ3v) is 3.84. The smallest absolute Gasteiger partial charge is 0.349 e. The third-order valence-electron chi connectivity index (χ3n) is 3.84. The number of aryl methyl sites for hydroxylation is 1. The Hall–Kier alpha value is -3.39. The second kappa shape index (κ2) is 10.6. The molecule has 2 rings (SSSR count). The summed E-state index contributed by atoms with van der Waals surface area (Å²) in [5.41, 5.74) is 2.40. The number of nitrogens with zero attached hydrogens (tertiary/aromatic N) is 1. The average Bonchev–Trinajstić information content (AvgIpc) is 2.70. The molecular weight excluding hydrogens is 340 g/mol. The van der Waals surface area contributed by atoms with Crippen LogP contribution in [-0.2, 0) is 20.7 Å². The maximum Gasteiger partial charge on any atom is 0.349 e. The van der Waals surface area contributed by atoms with Crippen molar-refractivity contribution in [2.45, 2.75) is 26.2 Å². The largest absolute Gasteiger partial charge is 0.451 e. The number of ether oxygens (including phenoxy) is 1. The van der Waals surface area contributed by atoms with Gasteiger partial charge >= 0.3 is 5.97 Å². The van der Waals surface area contributed by atoms with Gasteiger partial charge in [0.05, 0.1) is 0 Å². The van der Waals surface area contributed by atoms with Crippen molar-refractivity contribution >= 4 is 23.6 Å². The molecule has 1 N–H and O–H groups in total. The number of carbonyl (C=O) groups excluding carboxylic acids is 2. The summed E-state index contributed by atoms with van der Waals surface area (Å²) in [6.45, 7) is 1.69. The van der Waals surface area contributed by atoms with Crippen LogP contribution in [0.3, 0.4) is 0 Å². The minimum Gasteiger partial charge on any atom is -0.451 e. The quantitative estimate of drug-likeness (QED) is 0.435. The van der Waals surface area contributed by atoms with Crippen molar-refractivity contribution in [1.29, 1.82) is 5.26 Å². The van der Waals surface area contributed by atoms with Gasteiger partial charge in [0, 0.05) is 5.69 Å². The minimum absolute atomic E-state index is 0.158. The van der Waals surface area contributed by atoms with Crippen molar-refractivity contribution in [3.63, 3.8) is 0 Å². The normalized spacial score (nSPS) is 10.7. The number of amides is 1. The highest BCUT2D eigenvalue weighted by atomic mass is 16.5. The van der Waals surface area contributed by atoms with Crippen LogP contribution in [0.15, 0.2) is 60.2 Å². The van der Waals surface area contributed by atoms with E-state index in [1.54, 1.807) is 30.3 Å². The van der Waals surface area contributed by atoms with Gasteiger partial charge in [-0.05, 0) is 42.2 Å². The van der Waals surface area contributed by atoms with Gasteiger partial charge in [-0.1, -0.05) is 55.8 Å². The van der Waals surface area contributed by atoms with E-state index in [1.165, 1.54) is 11.6 Å². The molecule has 0 aliphatic heterocycles. The lowest BCUT2D eigenvalue weighted by Gasteiger charge is -2.07. The molecule has 2 aromatic carbocycles. The van der Waals surface area contributed by atoms with Crippen molar-refractivity contribution in [2.75, 3.05) is 11.9 Å². The summed E-state index contributed by atoms with van der Waals surface area (Å²) >= 11 is 0. The van der Waals surface area contributed by atoms with E-state index in [2.05, 4.69) is 12.2 Å². The first kappa shape index (κ1) is 19.9. The predicted molar refractivity (Wildman–Crippen MR) is 105 cm³/mol. The number of nitriles is 1. The van der Waals surface area contributed by atoms with E-state index in [0.29, 0.717) is 11.3 Å². The van der Waals surface area contributed by atoms with Gasteiger partial charge in [0.25, 0.3) is 5.91 Å². The zero-order valence-corrected chi connectivity index (χ0v) is 15.3. The second-order valence-electron chi connectivity index (χ2n) is 6.01. The van der Waals surface area contributed by atoms with Gasteiger partial charge in [0.1, 0.15) is 11.6 Å². The Morgan fingerprint density at radius 3 is 2.44 bits per heavy atom. The molecule has 0 spiro atoms. The van der Waals surface area contributed by atoms with Crippen LogP contribution in [0.1, 0.15) is 30.9 Å². The van der Waals surface area contributed by atoms with E-state index in [-0.39, 0.29) is 5.57 Å². The number of hydrogen-bond donors (Lipinski definition) is 1. The predicted octanol–water partition coefficient (Wildman–Crippen LogP) is 4.12. The number of carbonyl (C=O) groups is 2. The topological polar surface area (TPSA) is 79.2 Å². The van der Waals surface area contributed by atoms with Crippen LogP contribution in [0, 0.1) is 11.3 Å². The number of unbranched alkanes of at least 4 members (excludes halogenated alkanes) is 1. The average molecular weight is 362 g/mol. The van der Waals surface area contributed by atoms with E-state index >= 15 is 0 Å². The van der Waals surface area contributed by atoms with E-state index in [0.717, 1.165) is 19.3 Å². The molecule has 27 heavy (non-hydrogen) atoms. The van der Waals surface area contributed by atoms with Gasteiger partial charge in [-0.15, -0.1) is 0 Å². The van der Waals surface area contributed by atoms with Crippen molar-refractivity contribution in [2.24, 2.45) is 0 Å². The van der Waals surface area contributed by atoms with Crippen molar-refractivity contribution in [3.8, 4) is 6.07 Å². The molecule has 0 fully saturated rings. The zero-order chi connectivity index (χ0) is 19.5. The number of benzene rings is 2. The van der Waals surface area contributed by atoms with Crippen molar-refractivity contribution < 1.29 is 14.3 Å². The Morgan fingerprint density at radius 2 is 1.81 bits per heavy atom. The van der Waals surface area contributed by atoms with Crippen LogP contribution in [0.2, 0.25) is 0 Å². The van der Waals surface area contributed by atoms with E-state index in [1.807, 2.05) is 30.3 Å². The number of esters is 1. The zero-order valence-electron chi connectivity index (χ0n) is 15.3. The maximum absolute atomic E-state index is 12.0.